The molecule has 0 saturated carbocycles. The molecule has 1 aromatic heterocycles. The molecule has 1 aromatic rings. The van der Waals surface area contributed by atoms with Gasteiger partial charge in [-0.2, -0.15) is 5.10 Å². The highest BCUT2D eigenvalue weighted by Crippen LogP contribution is 2.26. The van der Waals surface area contributed by atoms with Gasteiger partial charge >= 0.3 is 12.0 Å². The zero-order chi connectivity index (χ0) is 14.2. The summed E-state index contributed by atoms with van der Waals surface area (Å²) in [4.78, 5) is 24.8. The lowest BCUT2D eigenvalue weighted by Gasteiger charge is -2.23. The van der Waals surface area contributed by atoms with Crippen LogP contribution in [-0.4, -0.2) is 44.8 Å². The highest BCUT2D eigenvalue weighted by atomic mass is 16.4. The number of nitrogens with zero attached hydrogens (tertiary/aromatic N) is 2. The van der Waals surface area contributed by atoms with Crippen LogP contribution in [0.2, 0.25) is 0 Å². The number of aromatic nitrogens is 2. The number of H-pyrrole nitrogens is 1. The van der Waals surface area contributed by atoms with Gasteiger partial charge in [0.1, 0.15) is 0 Å². The van der Waals surface area contributed by atoms with Crippen molar-refractivity contribution < 1.29 is 14.7 Å². The van der Waals surface area contributed by atoms with E-state index in [0.717, 1.165) is 5.69 Å². The van der Waals surface area contributed by atoms with E-state index in [1.54, 1.807) is 18.7 Å². The summed E-state index contributed by atoms with van der Waals surface area (Å²) in [7, 11) is 0. The number of likely N-dealkylation sites (tertiary alicyclic amines) is 1. The Hall–Kier alpha value is -2.05. The number of carboxylic acid groups (broad SMARTS) is 1. The molecule has 1 fully saturated rings. The molecular weight excluding hydrogens is 248 g/mol. The summed E-state index contributed by atoms with van der Waals surface area (Å²) >= 11 is 0. The molecule has 2 unspecified atom stereocenters. The maximum atomic E-state index is 12.2. The zero-order valence-electron chi connectivity index (χ0n) is 11.2. The van der Waals surface area contributed by atoms with Crippen molar-refractivity contribution in [1.82, 2.24) is 15.1 Å². The first-order chi connectivity index (χ1) is 8.91. The van der Waals surface area contributed by atoms with Crippen molar-refractivity contribution in [2.45, 2.75) is 33.2 Å². The second-order valence-electron chi connectivity index (χ2n) is 4.91. The molecule has 104 valence electrons. The van der Waals surface area contributed by atoms with Crippen molar-refractivity contribution in [3.63, 3.8) is 0 Å². The smallest absolute Gasteiger partial charge is 0.322 e. The van der Waals surface area contributed by atoms with Gasteiger partial charge in [0.15, 0.2) is 0 Å². The van der Waals surface area contributed by atoms with Crippen LogP contribution in [0.15, 0.2) is 0 Å². The lowest BCUT2D eigenvalue weighted by molar-refractivity contribution is -0.142. The van der Waals surface area contributed by atoms with Gasteiger partial charge in [-0.3, -0.25) is 9.89 Å². The SMILES string of the molecule is Cc1n[nH]c(C)c1NC(=O)N1CCC(C(=O)O)C1C. The lowest BCUT2D eigenvalue weighted by Crippen LogP contribution is -2.40. The average molecular weight is 266 g/mol. The Morgan fingerprint density at radius 1 is 1.47 bits per heavy atom. The fourth-order valence-corrected chi connectivity index (χ4v) is 2.47. The normalized spacial score (nSPS) is 22.6. The summed E-state index contributed by atoms with van der Waals surface area (Å²) in [6.45, 7) is 5.84. The topological polar surface area (TPSA) is 98.3 Å². The Bertz CT molecular complexity index is 492. The van der Waals surface area contributed by atoms with Gasteiger partial charge in [-0.25, -0.2) is 4.79 Å². The van der Waals surface area contributed by atoms with Crippen LogP contribution in [0.25, 0.3) is 0 Å². The van der Waals surface area contributed by atoms with Gasteiger partial charge in [0.2, 0.25) is 0 Å². The largest absolute Gasteiger partial charge is 0.481 e. The Kier molecular flexibility index (Phi) is 3.46. The number of hydrogen-bond donors (Lipinski definition) is 3. The second kappa shape index (κ2) is 4.91. The molecule has 0 aromatic carbocycles. The van der Waals surface area contributed by atoms with Crippen molar-refractivity contribution in [3.8, 4) is 0 Å². The molecule has 0 spiro atoms. The molecule has 0 aliphatic carbocycles. The lowest BCUT2D eigenvalue weighted by atomic mass is 10.0. The minimum absolute atomic E-state index is 0.274. The third kappa shape index (κ3) is 2.40. The predicted molar refractivity (Wildman–Crippen MR) is 69.0 cm³/mol. The Morgan fingerprint density at radius 3 is 2.63 bits per heavy atom. The molecular formula is C12H18N4O3. The molecule has 2 amide bonds. The third-order valence-electron chi connectivity index (χ3n) is 3.69. The Balaban J connectivity index is 2.08. The van der Waals surface area contributed by atoms with E-state index in [4.69, 9.17) is 5.11 Å². The molecule has 1 aliphatic rings. The summed E-state index contributed by atoms with van der Waals surface area (Å²) in [5.74, 6) is -1.34. The number of aliphatic carboxylic acids is 1. The number of hydrogen-bond acceptors (Lipinski definition) is 3. The zero-order valence-corrected chi connectivity index (χ0v) is 11.2. The van der Waals surface area contributed by atoms with E-state index in [2.05, 4.69) is 15.5 Å². The molecule has 2 heterocycles. The minimum atomic E-state index is -0.849. The summed E-state index contributed by atoms with van der Waals surface area (Å²) < 4.78 is 0. The van der Waals surface area contributed by atoms with Gasteiger partial charge in [-0.15, -0.1) is 0 Å². The fourth-order valence-electron chi connectivity index (χ4n) is 2.47. The highest BCUT2D eigenvalue weighted by molar-refractivity contribution is 5.91. The average Bonchev–Trinajstić information content (AvgIpc) is 2.86. The van der Waals surface area contributed by atoms with Crippen molar-refractivity contribution in [3.05, 3.63) is 11.4 Å². The third-order valence-corrected chi connectivity index (χ3v) is 3.69. The van der Waals surface area contributed by atoms with Crippen molar-refractivity contribution in [1.29, 1.82) is 0 Å². The second-order valence-corrected chi connectivity index (χ2v) is 4.91. The number of carboxylic acids is 1. The highest BCUT2D eigenvalue weighted by Gasteiger charge is 2.38. The van der Waals surface area contributed by atoms with E-state index in [0.29, 0.717) is 24.3 Å². The maximum Gasteiger partial charge on any atom is 0.322 e. The number of nitrogens with one attached hydrogen (secondary N) is 2. The number of aromatic amines is 1. The van der Waals surface area contributed by atoms with E-state index in [-0.39, 0.29) is 12.1 Å². The number of urea groups is 1. The number of carbonyl (C=O) groups is 2. The van der Waals surface area contributed by atoms with Crippen molar-refractivity contribution in [2.24, 2.45) is 5.92 Å². The Labute approximate surface area is 111 Å². The van der Waals surface area contributed by atoms with E-state index in [1.807, 2.05) is 6.92 Å². The summed E-state index contributed by atoms with van der Waals surface area (Å²) in [6.07, 6.45) is 0.493. The molecule has 0 radical (unpaired) electrons. The van der Waals surface area contributed by atoms with Crippen LogP contribution in [-0.2, 0) is 4.79 Å². The van der Waals surface area contributed by atoms with E-state index in [9.17, 15) is 9.59 Å². The monoisotopic (exact) mass is 266 g/mol. The molecule has 1 saturated heterocycles. The van der Waals surface area contributed by atoms with Crippen LogP contribution < -0.4 is 5.32 Å². The molecule has 0 bridgehead atoms. The number of anilines is 1. The summed E-state index contributed by atoms with van der Waals surface area (Å²) in [5, 5.41) is 18.6. The van der Waals surface area contributed by atoms with Crippen LogP contribution in [0.3, 0.4) is 0 Å². The van der Waals surface area contributed by atoms with Gasteiger partial charge in [0.05, 0.1) is 23.0 Å². The number of aryl methyl sites for hydroxylation is 2. The first-order valence-electron chi connectivity index (χ1n) is 6.23. The van der Waals surface area contributed by atoms with Crippen LogP contribution in [0.5, 0.6) is 0 Å². The molecule has 7 heteroatoms. The van der Waals surface area contributed by atoms with E-state index < -0.39 is 11.9 Å². The summed E-state index contributed by atoms with van der Waals surface area (Å²) in [6, 6.07) is -0.575. The summed E-state index contributed by atoms with van der Waals surface area (Å²) in [5.41, 5.74) is 2.16. The van der Waals surface area contributed by atoms with Crippen LogP contribution in [0.1, 0.15) is 24.7 Å². The van der Waals surface area contributed by atoms with Gasteiger partial charge in [0.25, 0.3) is 0 Å². The van der Waals surface area contributed by atoms with Crippen LogP contribution in [0.4, 0.5) is 10.5 Å². The standard InChI is InChI=1S/C12H18N4O3/c1-6-10(7(2)15-14-6)13-12(19)16-5-4-9(8(16)3)11(17)18/h8-9H,4-5H2,1-3H3,(H,13,19)(H,14,15)(H,17,18). The van der Waals surface area contributed by atoms with Crippen molar-refractivity contribution in [2.75, 3.05) is 11.9 Å². The van der Waals surface area contributed by atoms with Crippen molar-refractivity contribution >= 4 is 17.7 Å². The van der Waals surface area contributed by atoms with Gasteiger partial charge in [0, 0.05) is 12.6 Å². The molecule has 3 N–H and O–H groups in total. The van der Waals surface area contributed by atoms with E-state index in [1.165, 1.54) is 0 Å². The maximum absolute atomic E-state index is 12.2. The van der Waals surface area contributed by atoms with Crippen LogP contribution in [0, 0.1) is 19.8 Å². The number of amides is 2. The molecule has 2 atom stereocenters. The van der Waals surface area contributed by atoms with Gasteiger partial charge in [-0.1, -0.05) is 0 Å². The quantitative estimate of drug-likeness (QED) is 0.752. The first-order valence-corrected chi connectivity index (χ1v) is 6.23. The molecule has 7 nitrogen and oxygen atoms in total. The Morgan fingerprint density at radius 2 is 2.16 bits per heavy atom. The van der Waals surface area contributed by atoms with Gasteiger partial charge < -0.3 is 15.3 Å². The van der Waals surface area contributed by atoms with Gasteiger partial charge in [-0.05, 0) is 27.2 Å². The van der Waals surface area contributed by atoms with E-state index >= 15 is 0 Å². The number of rotatable bonds is 2. The first kappa shape index (κ1) is 13.4. The minimum Gasteiger partial charge on any atom is -0.481 e. The predicted octanol–water partition coefficient (Wildman–Crippen LogP) is 1.35. The molecule has 2 rings (SSSR count). The van der Waals surface area contributed by atoms with Crippen LogP contribution >= 0.6 is 0 Å². The molecule has 1 aliphatic heterocycles. The molecule has 19 heavy (non-hydrogen) atoms. The number of carbonyl (C=O) groups excluding carboxylic acids is 1. The fraction of sp³-hybridized carbons (Fsp3) is 0.583.